The lowest BCUT2D eigenvalue weighted by Crippen LogP contribution is -2.50. The van der Waals surface area contributed by atoms with Gasteiger partial charge in [0.25, 0.3) is 5.69 Å². The Balaban J connectivity index is 1.42. The quantitative estimate of drug-likeness (QED) is 0.320. The maximum absolute atomic E-state index is 14.0. The van der Waals surface area contributed by atoms with Crippen molar-refractivity contribution in [1.82, 2.24) is 0 Å². The van der Waals surface area contributed by atoms with E-state index in [1.54, 1.807) is 6.07 Å². The fourth-order valence-corrected chi connectivity index (χ4v) is 5.99. The number of nitrogens with one attached hydrogen (secondary N) is 1. The highest BCUT2D eigenvalue weighted by Gasteiger charge is 2.64. The summed E-state index contributed by atoms with van der Waals surface area (Å²) >= 11 is 0. The van der Waals surface area contributed by atoms with Gasteiger partial charge in [-0.3, -0.25) is 24.5 Å². The molecule has 4 atom stereocenters. The summed E-state index contributed by atoms with van der Waals surface area (Å²) in [6.07, 6.45) is 3.83. The molecule has 38 heavy (non-hydrogen) atoms. The molecule has 3 aromatic carbocycles. The van der Waals surface area contributed by atoms with Crippen LogP contribution in [-0.2, 0) is 14.4 Å². The molecule has 3 heterocycles. The van der Waals surface area contributed by atoms with Crippen LogP contribution in [-0.4, -0.2) is 34.7 Å². The zero-order valence-electron chi connectivity index (χ0n) is 20.7. The first-order valence-corrected chi connectivity index (χ1v) is 12.3. The number of non-ortho nitro benzene ring substituents is 1. The molecule has 0 spiro atoms. The van der Waals surface area contributed by atoms with E-state index in [0.29, 0.717) is 11.4 Å². The highest BCUT2D eigenvalue weighted by atomic mass is 16.6. The van der Waals surface area contributed by atoms with Crippen molar-refractivity contribution >= 4 is 46.5 Å². The molecule has 9 heteroatoms. The van der Waals surface area contributed by atoms with E-state index < -0.39 is 40.7 Å². The Kier molecular flexibility index (Phi) is 5.37. The number of fused-ring (bicyclic) bond motifs is 5. The Hall–Kier alpha value is -4.79. The number of nitrogens with zero attached hydrogens (tertiary/aromatic N) is 3. The third kappa shape index (κ3) is 3.50. The second kappa shape index (κ2) is 8.65. The zero-order valence-corrected chi connectivity index (χ0v) is 20.7. The van der Waals surface area contributed by atoms with Crippen LogP contribution in [0.25, 0.3) is 6.08 Å². The molecule has 3 aliphatic heterocycles. The van der Waals surface area contributed by atoms with Crippen LogP contribution in [0.5, 0.6) is 0 Å². The molecule has 0 saturated carbocycles. The molecule has 2 saturated heterocycles. The molecule has 3 aromatic rings. The lowest BCUT2D eigenvalue weighted by atomic mass is 9.88. The first-order chi connectivity index (χ1) is 18.3. The zero-order chi connectivity index (χ0) is 26.7. The van der Waals surface area contributed by atoms with Crippen molar-refractivity contribution in [3.63, 3.8) is 0 Å². The number of para-hydroxylation sites is 1. The van der Waals surface area contributed by atoms with Gasteiger partial charge >= 0.3 is 0 Å². The SMILES string of the molecule is Cc1ccc(N2C(=O)[C@@H]3[C@@H](C2=O)[C@@H]2C=Cc4ccccc4N2[C@@H]3C(=O)Nc2ccc([N+](=O)[O-])cc2)c(C)c1. The van der Waals surface area contributed by atoms with Crippen LogP contribution in [0.4, 0.5) is 22.7 Å². The number of hydrogen-bond acceptors (Lipinski definition) is 6. The molecule has 0 bridgehead atoms. The minimum atomic E-state index is -0.960. The second-order valence-corrected chi connectivity index (χ2v) is 9.91. The fourth-order valence-electron chi connectivity index (χ4n) is 5.99. The Morgan fingerprint density at radius 1 is 0.921 bits per heavy atom. The van der Waals surface area contributed by atoms with E-state index in [2.05, 4.69) is 5.32 Å². The molecule has 6 rings (SSSR count). The van der Waals surface area contributed by atoms with Crippen molar-refractivity contribution in [3.05, 3.63) is 99.6 Å². The van der Waals surface area contributed by atoms with Gasteiger partial charge < -0.3 is 10.2 Å². The van der Waals surface area contributed by atoms with Gasteiger partial charge in [-0.05, 0) is 49.2 Å². The smallest absolute Gasteiger partial charge is 0.269 e. The number of nitro groups is 1. The van der Waals surface area contributed by atoms with Crippen LogP contribution in [0.3, 0.4) is 0 Å². The minimum Gasteiger partial charge on any atom is -0.351 e. The molecule has 3 aliphatic rings. The van der Waals surface area contributed by atoms with E-state index in [1.165, 1.54) is 29.2 Å². The molecular weight excluding hydrogens is 484 g/mol. The van der Waals surface area contributed by atoms with E-state index in [4.69, 9.17) is 0 Å². The van der Waals surface area contributed by atoms with Crippen LogP contribution in [0, 0.1) is 35.8 Å². The monoisotopic (exact) mass is 508 g/mol. The van der Waals surface area contributed by atoms with Crippen LogP contribution in [0.1, 0.15) is 16.7 Å². The maximum atomic E-state index is 14.0. The molecular formula is C29H24N4O5. The van der Waals surface area contributed by atoms with E-state index in [-0.39, 0.29) is 11.6 Å². The fraction of sp³-hybridized carbons (Fsp3) is 0.207. The number of anilines is 3. The van der Waals surface area contributed by atoms with Gasteiger partial charge in [0.15, 0.2) is 0 Å². The van der Waals surface area contributed by atoms with Crippen molar-refractivity contribution in [1.29, 1.82) is 0 Å². The van der Waals surface area contributed by atoms with Gasteiger partial charge in [-0.2, -0.15) is 0 Å². The van der Waals surface area contributed by atoms with E-state index in [9.17, 15) is 24.5 Å². The summed E-state index contributed by atoms with van der Waals surface area (Å²) in [5.41, 5.74) is 4.29. The van der Waals surface area contributed by atoms with Crippen molar-refractivity contribution in [2.75, 3.05) is 15.1 Å². The minimum absolute atomic E-state index is 0.0974. The Morgan fingerprint density at radius 3 is 2.34 bits per heavy atom. The number of imide groups is 1. The molecule has 1 N–H and O–H groups in total. The summed E-state index contributed by atoms with van der Waals surface area (Å²) in [5, 5.41) is 13.9. The van der Waals surface area contributed by atoms with Crippen LogP contribution >= 0.6 is 0 Å². The predicted molar refractivity (Wildman–Crippen MR) is 143 cm³/mol. The van der Waals surface area contributed by atoms with Gasteiger partial charge in [0.05, 0.1) is 28.5 Å². The number of nitro benzene ring substituents is 1. The first-order valence-electron chi connectivity index (χ1n) is 12.3. The van der Waals surface area contributed by atoms with Gasteiger partial charge in [0.2, 0.25) is 17.7 Å². The van der Waals surface area contributed by atoms with Gasteiger partial charge in [-0.25, -0.2) is 4.90 Å². The summed E-state index contributed by atoms with van der Waals surface area (Å²) in [5.74, 6) is -2.82. The molecule has 9 nitrogen and oxygen atoms in total. The number of hydrogen-bond donors (Lipinski definition) is 1. The summed E-state index contributed by atoms with van der Waals surface area (Å²) in [6, 6.07) is 17.2. The molecule has 0 aromatic heterocycles. The average molecular weight is 509 g/mol. The van der Waals surface area contributed by atoms with E-state index >= 15 is 0 Å². The third-order valence-corrected chi connectivity index (χ3v) is 7.62. The summed E-state index contributed by atoms with van der Waals surface area (Å²) in [4.78, 5) is 55.3. The largest absolute Gasteiger partial charge is 0.351 e. The summed E-state index contributed by atoms with van der Waals surface area (Å²) in [7, 11) is 0. The van der Waals surface area contributed by atoms with Gasteiger partial charge in [-0.1, -0.05) is 48.0 Å². The van der Waals surface area contributed by atoms with Crippen molar-refractivity contribution in [2.24, 2.45) is 11.8 Å². The van der Waals surface area contributed by atoms with Gasteiger partial charge in [0, 0.05) is 23.5 Å². The standard InChI is InChI=1S/C29H24N4O5/c1-16-7-13-21(17(2)15-16)32-28(35)24-23-14-8-18-5-3-4-6-22(18)31(23)26(25(24)29(32)36)27(34)30-19-9-11-20(12-10-19)33(37)38/h3-15,23-26H,1-2H3,(H,30,34)/t23-,24-,25+,26-/m0/s1. The van der Waals surface area contributed by atoms with Crippen LogP contribution in [0.15, 0.2) is 72.8 Å². The third-order valence-electron chi connectivity index (χ3n) is 7.62. The van der Waals surface area contributed by atoms with E-state index in [1.807, 2.05) is 67.3 Å². The Labute approximate surface area is 218 Å². The summed E-state index contributed by atoms with van der Waals surface area (Å²) in [6.45, 7) is 3.80. The second-order valence-electron chi connectivity index (χ2n) is 9.91. The van der Waals surface area contributed by atoms with Crippen LogP contribution < -0.4 is 15.1 Å². The predicted octanol–water partition coefficient (Wildman–Crippen LogP) is 4.24. The van der Waals surface area contributed by atoms with Gasteiger partial charge in [-0.15, -0.1) is 0 Å². The highest BCUT2D eigenvalue weighted by molar-refractivity contribution is 6.25. The van der Waals surface area contributed by atoms with Crippen LogP contribution in [0.2, 0.25) is 0 Å². The highest BCUT2D eigenvalue weighted by Crippen LogP contribution is 2.49. The molecule has 0 radical (unpaired) electrons. The topological polar surface area (TPSA) is 113 Å². The van der Waals surface area contributed by atoms with Crippen molar-refractivity contribution in [3.8, 4) is 0 Å². The first kappa shape index (κ1) is 23.6. The molecule has 0 aliphatic carbocycles. The van der Waals surface area contributed by atoms with Gasteiger partial charge in [0.1, 0.15) is 6.04 Å². The Bertz CT molecular complexity index is 1550. The number of carbonyl (C=O) groups is 3. The number of benzene rings is 3. The number of aryl methyl sites for hydroxylation is 2. The number of rotatable bonds is 4. The summed E-state index contributed by atoms with van der Waals surface area (Å²) < 4.78 is 0. The van der Waals surface area contributed by atoms with Crippen molar-refractivity contribution in [2.45, 2.75) is 25.9 Å². The lowest BCUT2D eigenvalue weighted by molar-refractivity contribution is -0.384. The van der Waals surface area contributed by atoms with E-state index in [0.717, 1.165) is 22.4 Å². The van der Waals surface area contributed by atoms with Crippen molar-refractivity contribution < 1.29 is 19.3 Å². The lowest BCUT2D eigenvalue weighted by Gasteiger charge is -2.36. The number of carbonyl (C=O) groups excluding carboxylic acids is 3. The molecule has 2 fully saturated rings. The number of amides is 3. The molecule has 190 valence electrons. The molecule has 0 unspecified atom stereocenters. The Morgan fingerprint density at radius 2 is 1.63 bits per heavy atom. The normalized spacial score (nSPS) is 23.2. The molecule has 3 amide bonds. The average Bonchev–Trinajstić information content (AvgIpc) is 3.37. The maximum Gasteiger partial charge on any atom is 0.269 e.